The van der Waals surface area contributed by atoms with E-state index in [0.717, 1.165) is 17.8 Å². The summed E-state index contributed by atoms with van der Waals surface area (Å²) in [5.74, 6) is -1.03. The smallest absolute Gasteiger partial charge is 0.343 e. The van der Waals surface area contributed by atoms with Gasteiger partial charge in [0.25, 0.3) is 11.6 Å². The number of nitro groups is 1. The van der Waals surface area contributed by atoms with Crippen LogP contribution in [0.2, 0.25) is 0 Å². The normalized spacial score (nSPS) is 10.6. The second-order valence-electron chi connectivity index (χ2n) is 8.59. The lowest BCUT2D eigenvalue weighted by atomic mass is 10.1. The van der Waals surface area contributed by atoms with E-state index in [1.807, 2.05) is 30.3 Å². The number of ether oxygens (including phenoxy) is 2. The Balaban J connectivity index is 1.41. The summed E-state index contributed by atoms with van der Waals surface area (Å²) in [5.41, 5.74) is 4.02. The average Bonchev–Trinajstić information content (AvgIpc) is 2.98. The molecule has 0 saturated carbocycles. The van der Waals surface area contributed by atoms with Gasteiger partial charge in [-0.15, -0.1) is 0 Å². The minimum absolute atomic E-state index is 0.00276. The lowest BCUT2D eigenvalue weighted by Crippen LogP contribution is -2.18. The average molecular weight is 553 g/mol. The van der Waals surface area contributed by atoms with Gasteiger partial charge in [-0.2, -0.15) is 5.10 Å². The van der Waals surface area contributed by atoms with Crippen molar-refractivity contribution in [3.05, 3.63) is 129 Å². The van der Waals surface area contributed by atoms with Crippen molar-refractivity contribution >= 4 is 35.4 Å². The predicted molar refractivity (Wildman–Crippen MR) is 151 cm³/mol. The molecule has 0 aromatic heterocycles. The van der Waals surface area contributed by atoms with Crippen molar-refractivity contribution in [2.75, 3.05) is 12.4 Å². The van der Waals surface area contributed by atoms with Gasteiger partial charge in [-0.05, 0) is 54.1 Å². The summed E-state index contributed by atoms with van der Waals surface area (Å²) < 4.78 is 10.6. The van der Waals surface area contributed by atoms with Crippen molar-refractivity contribution in [1.82, 2.24) is 5.43 Å². The Morgan fingerprint density at radius 1 is 0.902 bits per heavy atom. The van der Waals surface area contributed by atoms with Crippen LogP contribution in [0.5, 0.6) is 11.5 Å². The van der Waals surface area contributed by atoms with E-state index in [2.05, 4.69) is 15.8 Å². The second kappa shape index (κ2) is 13.3. The van der Waals surface area contributed by atoms with Crippen LogP contribution in [0.4, 0.5) is 11.4 Å². The quantitative estimate of drug-likeness (QED) is 0.0946. The number of nitrogens with one attached hydrogen (secondary N) is 2. The minimum atomic E-state index is -0.715. The number of amides is 2. The molecule has 4 rings (SSSR count). The van der Waals surface area contributed by atoms with Gasteiger partial charge in [0, 0.05) is 28.9 Å². The standard InChI is InChI=1S/C30H24N4O7/c1-40-26-9-5-8-22(18-26)30(37)41-27-15-14-25(34(38)39)17-23(27)19-31-33-29(36)21-10-12-24(13-11-21)32-28(35)16-20-6-3-2-4-7-20/h2-15,17-19H,16H2,1H3,(H,32,35)(H,33,36)/b31-19+. The van der Waals surface area contributed by atoms with E-state index < -0.39 is 16.8 Å². The van der Waals surface area contributed by atoms with Gasteiger partial charge < -0.3 is 14.8 Å². The van der Waals surface area contributed by atoms with Crippen LogP contribution in [0.1, 0.15) is 31.8 Å². The minimum Gasteiger partial charge on any atom is -0.497 e. The summed E-state index contributed by atoms with van der Waals surface area (Å²) in [7, 11) is 1.46. The summed E-state index contributed by atoms with van der Waals surface area (Å²) >= 11 is 0. The van der Waals surface area contributed by atoms with E-state index in [9.17, 15) is 24.5 Å². The van der Waals surface area contributed by atoms with Gasteiger partial charge in [-0.1, -0.05) is 36.4 Å². The second-order valence-corrected chi connectivity index (χ2v) is 8.59. The molecule has 0 aliphatic rings. The highest BCUT2D eigenvalue weighted by Crippen LogP contribution is 2.24. The summed E-state index contributed by atoms with van der Waals surface area (Å²) in [6.45, 7) is 0. The fourth-order valence-corrected chi connectivity index (χ4v) is 3.67. The Morgan fingerprint density at radius 3 is 2.37 bits per heavy atom. The number of hydrazone groups is 1. The van der Waals surface area contributed by atoms with E-state index in [1.54, 1.807) is 24.3 Å². The number of rotatable bonds is 10. The number of nitrogens with zero attached hydrogens (tertiary/aromatic N) is 2. The number of hydrogen-bond donors (Lipinski definition) is 2. The molecular weight excluding hydrogens is 528 g/mol. The van der Waals surface area contributed by atoms with Crippen molar-refractivity contribution in [3.63, 3.8) is 0 Å². The van der Waals surface area contributed by atoms with Gasteiger partial charge in [-0.3, -0.25) is 19.7 Å². The largest absolute Gasteiger partial charge is 0.497 e. The van der Waals surface area contributed by atoms with E-state index in [1.165, 1.54) is 43.5 Å². The SMILES string of the molecule is COc1cccc(C(=O)Oc2ccc([N+](=O)[O-])cc2/C=N/NC(=O)c2ccc(NC(=O)Cc3ccccc3)cc2)c1. The first kappa shape index (κ1) is 28.2. The van der Waals surface area contributed by atoms with E-state index in [4.69, 9.17) is 9.47 Å². The Bertz CT molecular complexity index is 1600. The lowest BCUT2D eigenvalue weighted by molar-refractivity contribution is -0.384. The number of nitro benzene ring substituents is 1. The van der Waals surface area contributed by atoms with Crippen molar-refractivity contribution < 1.29 is 28.8 Å². The molecule has 0 atom stereocenters. The van der Waals surface area contributed by atoms with Crippen LogP contribution in [0, 0.1) is 10.1 Å². The Labute approximate surface area is 234 Å². The van der Waals surface area contributed by atoms with E-state index in [-0.39, 0.29) is 40.5 Å². The zero-order valence-electron chi connectivity index (χ0n) is 21.8. The van der Waals surface area contributed by atoms with Gasteiger partial charge in [0.1, 0.15) is 11.5 Å². The first-order chi connectivity index (χ1) is 19.8. The van der Waals surface area contributed by atoms with Gasteiger partial charge >= 0.3 is 5.97 Å². The molecule has 0 aliphatic heterocycles. The van der Waals surface area contributed by atoms with Crippen LogP contribution in [0.25, 0.3) is 0 Å². The molecule has 0 bridgehead atoms. The number of carbonyl (C=O) groups is 3. The third kappa shape index (κ3) is 7.83. The fraction of sp³-hybridized carbons (Fsp3) is 0.0667. The molecule has 0 heterocycles. The van der Waals surface area contributed by atoms with Crippen molar-refractivity contribution in [3.8, 4) is 11.5 Å². The molecule has 2 amide bonds. The Morgan fingerprint density at radius 2 is 1.66 bits per heavy atom. The highest BCUT2D eigenvalue weighted by Gasteiger charge is 2.16. The number of non-ortho nitro benzene ring substituents is 1. The first-order valence-electron chi connectivity index (χ1n) is 12.2. The maximum Gasteiger partial charge on any atom is 0.343 e. The summed E-state index contributed by atoms with van der Waals surface area (Å²) in [6, 6.07) is 25.4. The molecule has 0 radical (unpaired) electrons. The first-order valence-corrected chi connectivity index (χ1v) is 12.2. The van der Waals surface area contributed by atoms with Crippen molar-refractivity contribution in [2.45, 2.75) is 6.42 Å². The molecule has 4 aromatic rings. The number of hydrogen-bond acceptors (Lipinski definition) is 8. The number of carbonyl (C=O) groups excluding carboxylic acids is 3. The van der Waals surface area contributed by atoms with Crippen LogP contribution >= 0.6 is 0 Å². The molecule has 41 heavy (non-hydrogen) atoms. The molecular formula is C30H24N4O7. The number of methoxy groups -OCH3 is 1. The number of anilines is 1. The molecule has 0 spiro atoms. The summed E-state index contributed by atoms with van der Waals surface area (Å²) in [5, 5.41) is 17.9. The van der Waals surface area contributed by atoms with E-state index >= 15 is 0 Å². The topological polar surface area (TPSA) is 149 Å². The van der Waals surface area contributed by atoms with Crippen LogP contribution in [0.3, 0.4) is 0 Å². The fourth-order valence-electron chi connectivity index (χ4n) is 3.67. The predicted octanol–water partition coefficient (Wildman–Crippen LogP) is 4.77. The molecule has 0 unspecified atom stereocenters. The zero-order valence-corrected chi connectivity index (χ0v) is 21.8. The highest BCUT2D eigenvalue weighted by atomic mass is 16.6. The zero-order chi connectivity index (χ0) is 29.2. The Hall–Kier alpha value is -5.84. The summed E-state index contributed by atoms with van der Waals surface area (Å²) in [4.78, 5) is 48.2. The number of esters is 1. The monoisotopic (exact) mass is 552 g/mol. The third-order valence-electron chi connectivity index (χ3n) is 5.72. The maximum atomic E-state index is 12.7. The van der Waals surface area contributed by atoms with Gasteiger partial charge in [0.2, 0.25) is 5.91 Å². The molecule has 4 aromatic carbocycles. The molecule has 0 aliphatic carbocycles. The maximum absolute atomic E-state index is 12.7. The Kier molecular flexibility index (Phi) is 9.13. The summed E-state index contributed by atoms with van der Waals surface area (Å²) in [6.07, 6.45) is 1.35. The van der Waals surface area contributed by atoms with Crippen LogP contribution in [0.15, 0.2) is 102 Å². The molecule has 2 N–H and O–H groups in total. The van der Waals surface area contributed by atoms with Crippen molar-refractivity contribution in [1.29, 1.82) is 0 Å². The molecule has 206 valence electrons. The molecule has 0 fully saturated rings. The van der Waals surface area contributed by atoms with E-state index in [0.29, 0.717) is 11.4 Å². The number of benzene rings is 4. The lowest BCUT2D eigenvalue weighted by Gasteiger charge is -2.09. The van der Waals surface area contributed by atoms with Crippen LogP contribution in [-0.2, 0) is 11.2 Å². The van der Waals surface area contributed by atoms with Gasteiger partial charge in [0.05, 0.1) is 30.2 Å². The molecule has 11 nitrogen and oxygen atoms in total. The van der Waals surface area contributed by atoms with Crippen LogP contribution in [-0.4, -0.2) is 36.0 Å². The van der Waals surface area contributed by atoms with Crippen molar-refractivity contribution in [2.24, 2.45) is 5.10 Å². The van der Waals surface area contributed by atoms with Gasteiger partial charge in [-0.25, -0.2) is 10.2 Å². The molecule has 0 saturated heterocycles. The highest BCUT2D eigenvalue weighted by molar-refractivity contribution is 5.97. The molecule has 11 heteroatoms. The van der Waals surface area contributed by atoms with Crippen LogP contribution < -0.4 is 20.2 Å². The van der Waals surface area contributed by atoms with Gasteiger partial charge in [0.15, 0.2) is 0 Å². The third-order valence-corrected chi connectivity index (χ3v) is 5.72.